The minimum atomic E-state index is -4.21. The van der Waals surface area contributed by atoms with E-state index in [2.05, 4.69) is 5.32 Å². The van der Waals surface area contributed by atoms with E-state index < -0.39 is 28.5 Å². The van der Waals surface area contributed by atoms with Crippen LogP contribution in [0, 0.1) is 0 Å². The van der Waals surface area contributed by atoms with Gasteiger partial charge in [0, 0.05) is 18.0 Å². The molecule has 0 aromatic heterocycles. The van der Waals surface area contributed by atoms with Gasteiger partial charge in [0.15, 0.2) is 0 Å². The van der Waals surface area contributed by atoms with Crippen molar-refractivity contribution in [2.24, 2.45) is 0 Å². The number of anilines is 1. The molecule has 0 bridgehead atoms. The highest BCUT2D eigenvalue weighted by Gasteiger charge is 2.33. The zero-order valence-electron chi connectivity index (χ0n) is 24.0. The first-order valence-electron chi connectivity index (χ1n) is 13.2. The van der Waals surface area contributed by atoms with E-state index in [-0.39, 0.29) is 23.0 Å². The van der Waals surface area contributed by atoms with Crippen LogP contribution in [0.5, 0.6) is 11.5 Å². The molecular weight excluding hydrogens is 562 g/mol. The molecule has 0 fully saturated rings. The van der Waals surface area contributed by atoms with Crippen LogP contribution < -0.4 is 19.1 Å². The Labute approximate surface area is 246 Å². The molecule has 0 spiro atoms. The molecule has 41 heavy (non-hydrogen) atoms. The summed E-state index contributed by atoms with van der Waals surface area (Å²) < 4.78 is 40.2. The fraction of sp³-hybridized carbons (Fsp3) is 0.333. The molecule has 220 valence electrons. The first kappa shape index (κ1) is 31.8. The molecule has 0 heterocycles. The number of ether oxygens (including phenoxy) is 2. The monoisotopic (exact) mass is 599 g/mol. The van der Waals surface area contributed by atoms with E-state index in [1.54, 1.807) is 88.5 Å². The predicted molar refractivity (Wildman–Crippen MR) is 162 cm³/mol. The number of nitrogens with one attached hydrogen (secondary N) is 1. The molecule has 11 heteroatoms. The van der Waals surface area contributed by atoms with Crippen molar-refractivity contribution < 1.29 is 27.5 Å². The smallest absolute Gasteiger partial charge is 0.264 e. The second-order valence-corrected chi connectivity index (χ2v) is 11.8. The van der Waals surface area contributed by atoms with Gasteiger partial charge in [0.2, 0.25) is 11.8 Å². The molecule has 3 rings (SSSR count). The molecular formula is C30H37N3O6S2. The van der Waals surface area contributed by atoms with Crippen molar-refractivity contribution in [3.05, 3.63) is 78.4 Å². The average molecular weight is 600 g/mol. The normalized spacial score (nSPS) is 11.8. The van der Waals surface area contributed by atoms with Gasteiger partial charge in [-0.15, -0.1) is 11.8 Å². The van der Waals surface area contributed by atoms with Crippen LogP contribution in [0.2, 0.25) is 0 Å². The van der Waals surface area contributed by atoms with E-state index in [0.29, 0.717) is 24.7 Å². The third-order valence-corrected chi connectivity index (χ3v) is 8.91. The van der Waals surface area contributed by atoms with Crippen LogP contribution in [0.15, 0.2) is 82.6 Å². The number of likely N-dealkylation sites (N-methyl/N-ethyl adjacent to an activating group) is 1. The highest BCUT2D eigenvalue weighted by atomic mass is 32.2. The van der Waals surface area contributed by atoms with Crippen molar-refractivity contribution in [3.8, 4) is 11.5 Å². The van der Waals surface area contributed by atoms with Crippen molar-refractivity contribution in [2.75, 3.05) is 37.4 Å². The van der Waals surface area contributed by atoms with Crippen LogP contribution in [0.3, 0.4) is 0 Å². The van der Waals surface area contributed by atoms with Crippen LogP contribution >= 0.6 is 11.8 Å². The molecule has 2 amide bonds. The highest BCUT2D eigenvalue weighted by molar-refractivity contribution is 7.98. The van der Waals surface area contributed by atoms with Crippen LogP contribution in [0.1, 0.15) is 26.3 Å². The van der Waals surface area contributed by atoms with Crippen molar-refractivity contribution >= 4 is 39.3 Å². The van der Waals surface area contributed by atoms with Gasteiger partial charge in [-0.05, 0) is 81.1 Å². The quantitative estimate of drug-likeness (QED) is 0.271. The van der Waals surface area contributed by atoms with Gasteiger partial charge in [0.05, 0.1) is 24.3 Å². The fourth-order valence-electron chi connectivity index (χ4n) is 4.16. The number of carbonyl (C=O) groups is 2. The number of amides is 2. The maximum absolute atomic E-state index is 14.1. The van der Waals surface area contributed by atoms with Gasteiger partial charge >= 0.3 is 0 Å². The Bertz CT molecular complexity index is 1410. The minimum absolute atomic E-state index is 0.0351. The summed E-state index contributed by atoms with van der Waals surface area (Å²) in [6, 6.07) is 19.5. The molecule has 9 nitrogen and oxygen atoms in total. The first-order valence-corrected chi connectivity index (χ1v) is 15.9. The second-order valence-electron chi connectivity index (χ2n) is 9.03. The Kier molecular flexibility index (Phi) is 11.5. The highest BCUT2D eigenvalue weighted by Crippen LogP contribution is 2.33. The van der Waals surface area contributed by atoms with Gasteiger partial charge in [-0.2, -0.15) is 0 Å². The van der Waals surface area contributed by atoms with E-state index in [1.165, 1.54) is 28.8 Å². The van der Waals surface area contributed by atoms with Crippen molar-refractivity contribution in [1.82, 2.24) is 10.2 Å². The second kappa shape index (κ2) is 14.8. The topological polar surface area (TPSA) is 105 Å². The number of nitrogens with zero attached hydrogens (tertiary/aromatic N) is 2. The summed E-state index contributed by atoms with van der Waals surface area (Å²) in [6.45, 7) is 5.46. The number of para-hydroxylation sites is 2. The standard InChI is InChI=1S/C30H37N3O6S2/c1-6-31-30(35)22(3)32(20-23-12-14-24(38-4)15-13-23)29(34)21-33(27-10-8-9-11-28(27)39-7-2)41(36,37)26-18-16-25(40-5)17-19-26/h8-19,22H,6-7,20-21H2,1-5H3,(H,31,35)/t22-/m0/s1. The van der Waals surface area contributed by atoms with Crippen molar-refractivity contribution in [2.45, 2.75) is 43.1 Å². The lowest BCUT2D eigenvalue weighted by molar-refractivity contribution is -0.139. The van der Waals surface area contributed by atoms with E-state index in [1.807, 2.05) is 6.26 Å². The number of hydrogen-bond donors (Lipinski definition) is 1. The Morgan fingerprint density at radius 3 is 2.22 bits per heavy atom. The van der Waals surface area contributed by atoms with Crippen LogP contribution in [-0.2, 0) is 26.2 Å². The number of rotatable bonds is 14. The maximum Gasteiger partial charge on any atom is 0.264 e. The summed E-state index contributed by atoms with van der Waals surface area (Å²) in [7, 11) is -2.65. The first-order chi connectivity index (χ1) is 19.7. The number of benzene rings is 3. The Hall–Kier alpha value is -3.70. The third kappa shape index (κ3) is 7.95. The Morgan fingerprint density at radius 2 is 1.63 bits per heavy atom. The van der Waals surface area contributed by atoms with E-state index in [9.17, 15) is 18.0 Å². The Balaban J connectivity index is 2.07. The zero-order valence-corrected chi connectivity index (χ0v) is 25.6. The lowest BCUT2D eigenvalue weighted by atomic mass is 10.1. The fourth-order valence-corrected chi connectivity index (χ4v) is 5.99. The largest absolute Gasteiger partial charge is 0.497 e. The lowest BCUT2D eigenvalue weighted by Crippen LogP contribution is -2.51. The van der Waals surface area contributed by atoms with Gasteiger partial charge < -0.3 is 19.7 Å². The van der Waals surface area contributed by atoms with Crippen LogP contribution in [0.4, 0.5) is 5.69 Å². The average Bonchev–Trinajstić information content (AvgIpc) is 2.99. The number of hydrogen-bond acceptors (Lipinski definition) is 7. The van der Waals surface area contributed by atoms with Gasteiger partial charge in [-0.1, -0.05) is 24.3 Å². The molecule has 0 aliphatic carbocycles. The van der Waals surface area contributed by atoms with Gasteiger partial charge in [-0.25, -0.2) is 8.42 Å². The summed E-state index contributed by atoms with van der Waals surface area (Å²) in [5, 5.41) is 2.76. The molecule has 0 saturated heterocycles. The van der Waals surface area contributed by atoms with E-state index in [4.69, 9.17) is 9.47 Å². The predicted octanol–water partition coefficient (Wildman–Crippen LogP) is 4.56. The molecule has 0 radical (unpaired) electrons. The molecule has 3 aromatic carbocycles. The molecule has 0 aliphatic rings. The van der Waals surface area contributed by atoms with Gasteiger partial charge in [0.25, 0.3) is 10.0 Å². The van der Waals surface area contributed by atoms with Crippen LogP contribution in [-0.4, -0.2) is 64.2 Å². The summed E-state index contributed by atoms with van der Waals surface area (Å²) in [4.78, 5) is 29.2. The van der Waals surface area contributed by atoms with Crippen molar-refractivity contribution in [3.63, 3.8) is 0 Å². The summed E-state index contributed by atoms with van der Waals surface area (Å²) in [6.07, 6.45) is 1.90. The Morgan fingerprint density at radius 1 is 0.976 bits per heavy atom. The number of thioether (sulfide) groups is 1. The SMILES string of the molecule is CCNC(=O)[C@H](C)N(Cc1ccc(OC)cc1)C(=O)CN(c1ccccc1OCC)S(=O)(=O)c1ccc(SC)cc1. The zero-order chi connectivity index (χ0) is 30.0. The number of methoxy groups -OCH3 is 1. The van der Waals surface area contributed by atoms with Gasteiger partial charge in [0.1, 0.15) is 24.1 Å². The van der Waals surface area contributed by atoms with Gasteiger partial charge in [-0.3, -0.25) is 13.9 Å². The summed E-state index contributed by atoms with van der Waals surface area (Å²) in [5.41, 5.74) is 0.985. The van der Waals surface area contributed by atoms with E-state index >= 15 is 0 Å². The maximum atomic E-state index is 14.1. The van der Waals surface area contributed by atoms with E-state index in [0.717, 1.165) is 14.8 Å². The minimum Gasteiger partial charge on any atom is -0.497 e. The summed E-state index contributed by atoms with van der Waals surface area (Å²) in [5.74, 6) is 0.0904. The summed E-state index contributed by atoms with van der Waals surface area (Å²) >= 11 is 1.49. The van der Waals surface area contributed by atoms with Crippen molar-refractivity contribution in [1.29, 1.82) is 0 Å². The molecule has 0 saturated carbocycles. The molecule has 1 atom stereocenters. The molecule has 0 unspecified atom stereocenters. The molecule has 0 aliphatic heterocycles. The molecule has 3 aromatic rings. The number of carbonyl (C=O) groups excluding carboxylic acids is 2. The van der Waals surface area contributed by atoms with Crippen LogP contribution in [0.25, 0.3) is 0 Å². The molecule has 1 N–H and O–H groups in total. The third-order valence-electron chi connectivity index (χ3n) is 6.39. The lowest BCUT2D eigenvalue weighted by Gasteiger charge is -2.32. The number of sulfonamides is 1.